The summed E-state index contributed by atoms with van der Waals surface area (Å²) in [6.07, 6.45) is 5.35. The fourth-order valence-electron chi connectivity index (χ4n) is 6.30. The summed E-state index contributed by atoms with van der Waals surface area (Å²) in [6, 6.07) is 0. The molecule has 2 nitrogen and oxygen atoms in total. The molecule has 0 unspecified atom stereocenters. The van der Waals surface area contributed by atoms with Crippen molar-refractivity contribution < 1.29 is 9.53 Å². The van der Waals surface area contributed by atoms with Crippen LogP contribution in [0.5, 0.6) is 0 Å². The summed E-state index contributed by atoms with van der Waals surface area (Å²) in [7, 11) is 0. The third-order valence-electron chi connectivity index (χ3n) is 6.98. The second kappa shape index (κ2) is 3.99. The molecule has 0 aromatic heterocycles. The molecule has 19 heavy (non-hydrogen) atoms. The first-order valence-corrected chi connectivity index (χ1v) is 7.96. The summed E-state index contributed by atoms with van der Waals surface area (Å²) in [5.41, 5.74) is 0.914. The molecule has 3 fully saturated rings. The molecule has 3 aliphatic rings. The molecule has 6 atom stereocenters. The second-order valence-corrected chi connectivity index (χ2v) is 8.14. The average Bonchev–Trinajstić information content (AvgIpc) is 2.62. The van der Waals surface area contributed by atoms with Gasteiger partial charge in [0, 0.05) is 6.92 Å². The van der Waals surface area contributed by atoms with E-state index in [2.05, 4.69) is 27.7 Å². The van der Waals surface area contributed by atoms with Gasteiger partial charge in [0.05, 0.1) is 0 Å². The van der Waals surface area contributed by atoms with Crippen molar-refractivity contribution in [2.75, 3.05) is 0 Å². The van der Waals surface area contributed by atoms with Crippen molar-refractivity contribution in [1.29, 1.82) is 0 Å². The Kier molecular flexibility index (Phi) is 2.82. The number of hydrogen-bond donors (Lipinski definition) is 0. The Morgan fingerprint density at radius 2 is 1.84 bits per heavy atom. The second-order valence-electron chi connectivity index (χ2n) is 8.14. The van der Waals surface area contributed by atoms with Crippen LogP contribution in [-0.4, -0.2) is 12.1 Å². The highest BCUT2D eigenvalue weighted by atomic mass is 16.5. The van der Waals surface area contributed by atoms with E-state index in [-0.39, 0.29) is 12.1 Å². The first-order valence-electron chi connectivity index (χ1n) is 7.96. The van der Waals surface area contributed by atoms with Crippen molar-refractivity contribution in [3.8, 4) is 0 Å². The standard InChI is InChI=1S/C17H28O2/c1-10-6-7-13-14-8-15(19-12(3)18)11(2)17(10,14)9-16(13,4)5/h10-11,13-15H,6-9H2,1-5H3/t10-,11-,13-,14-,15-,17-/m1/s1. The van der Waals surface area contributed by atoms with Gasteiger partial charge >= 0.3 is 5.97 Å². The lowest BCUT2D eigenvalue weighted by Crippen LogP contribution is -2.39. The Hall–Kier alpha value is -0.530. The van der Waals surface area contributed by atoms with Gasteiger partial charge in [-0.25, -0.2) is 0 Å². The molecule has 0 amide bonds. The molecule has 0 radical (unpaired) electrons. The van der Waals surface area contributed by atoms with Crippen LogP contribution in [0.1, 0.15) is 60.3 Å². The Bertz CT molecular complexity index is 400. The number of hydrogen-bond acceptors (Lipinski definition) is 2. The van der Waals surface area contributed by atoms with Crippen LogP contribution >= 0.6 is 0 Å². The number of carbonyl (C=O) groups is 1. The Labute approximate surface area is 117 Å². The minimum Gasteiger partial charge on any atom is -0.462 e. The lowest BCUT2D eigenvalue weighted by molar-refractivity contribution is -0.149. The molecule has 108 valence electrons. The normalized spacial score (nSPS) is 50.9. The highest BCUT2D eigenvalue weighted by Gasteiger charge is 2.68. The maximum absolute atomic E-state index is 11.3. The van der Waals surface area contributed by atoms with Crippen LogP contribution < -0.4 is 0 Å². The molecule has 0 saturated heterocycles. The van der Waals surface area contributed by atoms with Crippen LogP contribution in [0.3, 0.4) is 0 Å². The molecular weight excluding hydrogens is 236 g/mol. The third kappa shape index (κ3) is 1.64. The molecule has 0 aromatic rings. The van der Waals surface area contributed by atoms with Gasteiger partial charge in [-0.15, -0.1) is 0 Å². The summed E-state index contributed by atoms with van der Waals surface area (Å²) in [4.78, 5) is 11.3. The van der Waals surface area contributed by atoms with E-state index in [0.717, 1.165) is 24.2 Å². The molecule has 0 N–H and O–H groups in total. The molecule has 3 aliphatic carbocycles. The Morgan fingerprint density at radius 1 is 1.16 bits per heavy atom. The fourth-order valence-corrected chi connectivity index (χ4v) is 6.30. The van der Waals surface area contributed by atoms with Crippen LogP contribution in [0.25, 0.3) is 0 Å². The van der Waals surface area contributed by atoms with Gasteiger partial charge in [-0.05, 0) is 60.2 Å². The molecule has 0 spiro atoms. The van der Waals surface area contributed by atoms with E-state index in [9.17, 15) is 4.79 Å². The molecule has 0 aliphatic heterocycles. The van der Waals surface area contributed by atoms with Crippen molar-refractivity contribution in [3.05, 3.63) is 0 Å². The van der Waals surface area contributed by atoms with E-state index in [4.69, 9.17) is 4.74 Å². The molecule has 0 aromatic carbocycles. The van der Waals surface area contributed by atoms with E-state index in [1.807, 2.05) is 0 Å². The lowest BCUT2D eigenvalue weighted by Gasteiger charge is -2.44. The molecule has 2 heteroatoms. The van der Waals surface area contributed by atoms with E-state index < -0.39 is 0 Å². The SMILES string of the molecule is CC(=O)O[C@@H]1C[C@@H]2[C@H]3CC[C@@H](C)[C@]2(CC3(C)C)[C@@H]1C. The van der Waals surface area contributed by atoms with Crippen LogP contribution in [0.2, 0.25) is 0 Å². The fraction of sp³-hybridized carbons (Fsp3) is 0.941. The lowest BCUT2D eigenvalue weighted by atomic mass is 9.60. The van der Waals surface area contributed by atoms with Crippen LogP contribution in [-0.2, 0) is 9.53 Å². The van der Waals surface area contributed by atoms with Gasteiger partial charge in [0.25, 0.3) is 0 Å². The Morgan fingerprint density at radius 3 is 2.42 bits per heavy atom. The Balaban J connectivity index is 1.96. The summed E-state index contributed by atoms with van der Waals surface area (Å²) in [5, 5.41) is 0. The van der Waals surface area contributed by atoms with Crippen molar-refractivity contribution in [2.45, 2.75) is 66.4 Å². The first-order chi connectivity index (χ1) is 8.79. The van der Waals surface area contributed by atoms with Gasteiger partial charge in [0.15, 0.2) is 0 Å². The summed E-state index contributed by atoms with van der Waals surface area (Å²) in [6.45, 7) is 11.3. The predicted octanol–water partition coefficient (Wildman–Crippen LogP) is 4.04. The highest BCUT2D eigenvalue weighted by molar-refractivity contribution is 5.66. The quantitative estimate of drug-likeness (QED) is 0.668. The van der Waals surface area contributed by atoms with Crippen molar-refractivity contribution in [1.82, 2.24) is 0 Å². The van der Waals surface area contributed by atoms with Crippen molar-refractivity contribution in [2.24, 2.45) is 34.5 Å². The minimum atomic E-state index is -0.102. The molecule has 0 heterocycles. The first kappa shape index (κ1) is 13.5. The van der Waals surface area contributed by atoms with E-state index in [1.54, 1.807) is 6.92 Å². The van der Waals surface area contributed by atoms with Crippen molar-refractivity contribution in [3.63, 3.8) is 0 Å². The van der Waals surface area contributed by atoms with Crippen LogP contribution in [0.15, 0.2) is 0 Å². The number of esters is 1. The molecule has 2 bridgehead atoms. The van der Waals surface area contributed by atoms with Gasteiger partial charge in [0.1, 0.15) is 6.10 Å². The van der Waals surface area contributed by atoms with Crippen LogP contribution in [0.4, 0.5) is 0 Å². The van der Waals surface area contributed by atoms with Gasteiger partial charge in [-0.1, -0.05) is 27.7 Å². The average molecular weight is 264 g/mol. The number of rotatable bonds is 1. The van der Waals surface area contributed by atoms with Crippen LogP contribution in [0, 0.1) is 34.5 Å². The largest absolute Gasteiger partial charge is 0.462 e. The zero-order valence-corrected chi connectivity index (χ0v) is 13.0. The summed E-state index contributed by atoms with van der Waals surface area (Å²) >= 11 is 0. The van der Waals surface area contributed by atoms with Gasteiger partial charge < -0.3 is 4.74 Å². The van der Waals surface area contributed by atoms with E-state index in [0.29, 0.717) is 16.7 Å². The predicted molar refractivity (Wildman–Crippen MR) is 75.5 cm³/mol. The minimum absolute atomic E-state index is 0.102. The topological polar surface area (TPSA) is 26.3 Å². The number of carbonyl (C=O) groups excluding carboxylic acids is 1. The van der Waals surface area contributed by atoms with E-state index >= 15 is 0 Å². The highest BCUT2D eigenvalue weighted by Crippen LogP contribution is 2.73. The zero-order chi connectivity index (χ0) is 14.0. The smallest absolute Gasteiger partial charge is 0.302 e. The van der Waals surface area contributed by atoms with Gasteiger partial charge in [-0.3, -0.25) is 4.79 Å². The monoisotopic (exact) mass is 264 g/mol. The molecule has 3 saturated carbocycles. The third-order valence-corrected chi connectivity index (χ3v) is 6.98. The van der Waals surface area contributed by atoms with Crippen molar-refractivity contribution >= 4 is 5.97 Å². The summed E-state index contributed by atoms with van der Waals surface area (Å²) < 4.78 is 5.64. The maximum Gasteiger partial charge on any atom is 0.302 e. The van der Waals surface area contributed by atoms with E-state index in [1.165, 1.54) is 19.3 Å². The maximum atomic E-state index is 11.3. The molecule has 3 rings (SSSR count). The van der Waals surface area contributed by atoms with Gasteiger partial charge in [0.2, 0.25) is 0 Å². The van der Waals surface area contributed by atoms with Gasteiger partial charge in [-0.2, -0.15) is 0 Å². The summed E-state index contributed by atoms with van der Waals surface area (Å²) in [5.74, 6) is 2.83. The number of ether oxygens (including phenoxy) is 1. The zero-order valence-electron chi connectivity index (χ0n) is 13.0. The molecular formula is C17H28O2.